The highest BCUT2D eigenvalue weighted by Crippen LogP contribution is 2.37. The Bertz CT molecular complexity index is 967. The Hall–Kier alpha value is -2.45. The molecule has 0 aliphatic heterocycles. The van der Waals surface area contributed by atoms with E-state index in [0.717, 1.165) is 29.6 Å². The van der Waals surface area contributed by atoms with Crippen LogP contribution in [0, 0.1) is 17.1 Å². The summed E-state index contributed by atoms with van der Waals surface area (Å²) in [4.78, 5) is 4.46. The number of halogens is 2. The molecule has 6 heteroatoms. The molecule has 1 aliphatic carbocycles. The second kappa shape index (κ2) is 5.88. The Kier molecular flexibility index (Phi) is 3.70. The van der Waals surface area contributed by atoms with Crippen LogP contribution < -0.4 is 0 Å². The molecule has 0 spiro atoms. The van der Waals surface area contributed by atoms with Gasteiger partial charge in [-0.3, -0.25) is 0 Å². The molecule has 0 atom stereocenters. The molecule has 4 nitrogen and oxygen atoms in total. The van der Waals surface area contributed by atoms with Crippen molar-refractivity contribution in [3.63, 3.8) is 0 Å². The van der Waals surface area contributed by atoms with Crippen LogP contribution in [0.15, 0.2) is 30.3 Å². The molecule has 2 aromatic heterocycles. The quantitative estimate of drug-likeness (QED) is 0.677. The lowest BCUT2D eigenvalue weighted by Gasteiger charge is -2.05. The van der Waals surface area contributed by atoms with Gasteiger partial charge in [0.25, 0.3) is 0 Å². The number of rotatable bonds is 2. The van der Waals surface area contributed by atoms with Gasteiger partial charge >= 0.3 is 0 Å². The van der Waals surface area contributed by atoms with Crippen molar-refractivity contribution in [1.82, 2.24) is 14.8 Å². The minimum atomic E-state index is -0.484. The molecule has 120 valence electrons. The molecule has 0 radical (unpaired) electrons. The summed E-state index contributed by atoms with van der Waals surface area (Å²) in [6.07, 6.45) is 4.48. The maximum atomic E-state index is 13.9. The number of fused-ring (bicyclic) bond motifs is 1. The van der Waals surface area contributed by atoms with E-state index in [9.17, 15) is 4.39 Å². The fourth-order valence-electron chi connectivity index (χ4n) is 3.37. The van der Waals surface area contributed by atoms with Crippen molar-refractivity contribution < 1.29 is 4.39 Å². The van der Waals surface area contributed by atoms with E-state index in [2.05, 4.69) is 11.1 Å². The zero-order chi connectivity index (χ0) is 16.7. The number of benzene rings is 1. The summed E-state index contributed by atoms with van der Waals surface area (Å²) in [5, 5.41) is 13.9. The molecule has 1 saturated carbocycles. The highest BCUT2D eigenvalue weighted by molar-refractivity contribution is 6.30. The predicted molar refractivity (Wildman–Crippen MR) is 89.8 cm³/mol. The molecule has 1 aliphatic rings. The number of hydrogen-bond donors (Lipinski definition) is 0. The van der Waals surface area contributed by atoms with Gasteiger partial charge in [0.2, 0.25) is 0 Å². The Balaban J connectivity index is 1.95. The van der Waals surface area contributed by atoms with Crippen LogP contribution in [0.5, 0.6) is 0 Å². The first-order valence-electron chi connectivity index (χ1n) is 7.92. The summed E-state index contributed by atoms with van der Waals surface area (Å²) in [5.41, 5.74) is 3.37. The Morgan fingerprint density at radius 1 is 1.21 bits per heavy atom. The van der Waals surface area contributed by atoms with Crippen molar-refractivity contribution in [2.75, 3.05) is 0 Å². The fourth-order valence-corrected chi connectivity index (χ4v) is 3.49. The van der Waals surface area contributed by atoms with E-state index in [-0.39, 0.29) is 5.02 Å². The molecule has 1 fully saturated rings. The maximum Gasteiger partial charge on any atom is 0.143 e. The van der Waals surface area contributed by atoms with Gasteiger partial charge in [0.15, 0.2) is 0 Å². The average molecular weight is 341 g/mol. The molecule has 0 bridgehead atoms. The Labute approximate surface area is 143 Å². The van der Waals surface area contributed by atoms with E-state index in [1.807, 2.05) is 6.07 Å². The third-order valence-electron chi connectivity index (χ3n) is 4.56. The second-order valence-corrected chi connectivity index (χ2v) is 6.46. The lowest BCUT2D eigenvalue weighted by atomic mass is 10.0. The molecule has 1 aromatic carbocycles. The number of pyridine rings is 1. The van der Waals surface area contributed by atoms with Crippen LogP contribution in [-0.2, 0) is 0 Å². The Morgan fingerprint density at radius 2 is 2.00 bits per heavy atom. The smallest absolute Gasteiger partial charge is 0.143 e. The van der Waals surface area contributed by atoms with Crippen LogP contribution in [-0.4, -0.2) is 14.8 Å². The zero-order valence-electron chi connectivity index (χ0n) is 12.8. The minimum absolute atomic E-state index is 0.0797. The second-order valence-electron chi connectivity index (χ2n) is 6.05. The highest BCUT2D eigenvalue weighted by atomic mass is 35.5. The van der Waals surface area contributed by atoms with E-state index < -0.39 is 5.82 Å². The SMILES string of the molecule is N#Cc1ccc2c(n1)c(C1CCCC1)nn2-c1ccc(Cl)c(F)c1. The van der Waals surface area contributed by atoms with Crippen molar-refractivity contribution in [3.8, 4) is 11.8 Å². The molecule has 0 amide bonds. The average Bonchev–Trinajstić information content (AvgIpc) is 3.24. The number of nitrogens with zero attached hydrogens (tertiary/aromatic N) is 4. The molecule has 4 rings (SSSR count). The van der Waals surface area contributed by atoms with Crippen LogP contribution in [0.3, 0.4) is 0 Å². The molecule has 2 heterocycles. The largest absolute Gasteiger partial charge is 0.233 e. The van der Waals surface area contributed by atoms with E-state index in [0.29, 0.717) is 17.3 Å². The van der Waals surface area contributed by atoms with E-state index in [4.69, 9.17) is 22.0 Å². The fraction of sp³-hybridized carbons (Fsp3) is 0.278. The topological polar surface area (TPSA) is 54.5 Å². The molecule has 0 saturated heterocycles. The van der Waals surface area contributed by atoms with Crippen molar-refractivity contribution >= 4 is 22.6 Å². The standard InChI is InChI=1S/C18H14ClFN4/c19-14-7-6-13(9-15(14)20)24-16-8-5-12(10-21)22-18(16)17(23-24)11-3-1-2-4-11/h5-9,11H,1-4H2. The van der Waals surface area contributed by atoms with Gasteiger partial charge in [-0.25, -0.2) is 14.1 Å². The van der Waals surface area contributed by atoms with Crippen molar-refractivity contribution in [3.05, 3.63) is 52.6 Å². The van der Waals surface area contributed by atoms with Gasteiger partial charge < -0.3 is 0 Å². The number of aromatic nitrogens is 3. The van der Waals surface area contributed by atoms with Crippen molar-refractivity contribution in [2.24, 2.45) is 0 Å². The van der Waals surface area contributed by atoms with Crippen molar-refractivity contribution in [1.29, 1.82) is 5.26 Å². The lowest BCUT2D eigenvalue weighted by molar-refractivity contribution is 0.625. The molecule has 3 aromatic rings. The van der Waals surface area contributed by atoms with Gasteiger partial charge in [0.1, 0.15) is 23.1 Å². The summed E-state index contributed by atoms with van der Waals surface area (Å²) in [5.74, 6) is -0.144. The van der Waals surface area contributed by atoms with E-state index >= 15 is 0 Å². The van der Waals surface area contributed by atoms with Gasteiger partial charge in [0, 0.05) is 12.0 Å². The van der Waals surface area contributed by atoms with Crippen LogP contribution in [0.1, 0.15) is 43.0 Å². The van der Waals surface area contributed by atoms with Crippen molar-refractivity contribution in [2.45, 2.75) is 31.6 Å². The monoisotopic (exact) mass is 340 g/mol. The van der Waals surface area contributed by atoms with Gasteiger partial charge in [-0.2, -0.15) is 10.4 Å². The van der Waals surface area contributed by atoms with Crippen LogP contribution in [0.4, 0.5) is 4.39 Å². The van der Waals surface area contributed by atoms with E-state index in [1.165, 1.54) is 25.0 Å². The van der Waals surface area contributed by atoms with Crippen LogP contribution in [0.25, 0.3) is 16.7 Å². The summed E-state index contributed by atoms with van der Waals surface area (Å²) in [6, 6.07) is 10.2. The van der Waals surface area contributed by atoms with Gasteiger partial charge in [-0.15, -0.1) is 0 Å². The Morgan fingerprint density at radius 3 is 2.71 bits per heavy atom. The summed E-state index contributed by atoms with van der Waals surface area (Å²) in [7, 11) is 0. The van der Waals surface area contributed by atoms with Gasteiger partial charge in [-0.05, 0) is 37.1 Å². The first-order chi connectivity index (χ1) is 11.7. The third-order valence-corrected chi connectivity index (χ3v) is 4.86. The summed E-state index contributed by atoms with van der Waals surface area (Å²) in [6.45, 7) is 0. The molecule has 0 unspecified atom stereocenters. The highest BCUT2D eigenvalue weighted by Gasteiger charge is 2.25. The molecular weight excluding hydrogens is 327 g/mol. The predicted octanol–water partition coefficient (Wildman–Crippen LogP) is 4.74. The lowest BCUT2D eigenvalue weighted by Crippen LogP contribution is -2.00. The first kappa shape index (κ1) is 15.1. The third kappa shape index (κ3) is 2.44. The van der Waals surface area contributed by atoms with E-state index in [1.54, 1.807) is 16.8 Å². The zero-order valence-corrected chi connectivity index (χ0v) is 13.6. The normalized spacial score (nSPS) is 15.0. The van der Waals surface area contributed by atoms with Gasteiger partial charge in [-0.1, -0.05) is 24.4 Å². The van der Waals surface area contributed by atoms with Crippen LogP contribution in [0.2, 0.25) is 5.02 Å². The summed E-state index contributed by atoms with van der Waals surface area (Å²) >= 11 is 5.78. The number of nitriles is 1. The van der Waals surface area contributed by atoms with Gasteiger partial charge in [0.05, 0.1) is 21.9 Å². The molecular formula is C18H14ClFN4. The molecule has 0 N–H and O–H groups in total. The maximum absolute atomic E-state index is 13.9. The molecule has 24 heavy (non-hydrogen) atoms. The van der Waals surface area contributed by atoms with Crippen LogP contribution >= 0.6 is 11.6 Å². The minimum Gasteiger partial charge on any atom is -0.233 e. The first-order valence-corrected chi connectivity index (χ1v) is 8.30. The number of hydrogen-bond acceptors (Lipinski definition) is 3. The summed E-state index contributed by atoms with van der Waals surface area (Å²) < 4.78 is 15.6.